The van der Waals surface area contributed by atoms with E-state index in [2.05, 4.69) is 18.9 Å². The molecule has 0 atom stereocenters. The zero-order chi connectivity index (χ0) is 15.4. The highest BCUT2D eigenvalue weighted by atomic mass is 16.2. The number of hydrogen-bond acceptors (Lipinski definition) is 3. The van der Waals surface area contributed by atoms with Crippen LogP contribution in [0.5, 0.6) is 0 Å². The normalized spacial score (nSPS) is 10.9. The first-order valence-corrected chi connectivity index (χ1v) is 7.25. The maximum absolute atomic E-state index is 12.4. The SMILES string of the molecule is CCC(CC)N(C)C(=O)c1ccn(-c2ccc(N)cc2)n1. The summed E-state index contributed by atoms with van der Waals surface area (Å²) in [4.78, 5) is 14.2. The molecular formula is C16H22N4O. The smallest absolute Gasteiger partial charge is 0.274 e. The Morgan fingerprint density at radius 3 is 2.43 bits per heavy atom. The Balaban J connectivity index is 2.19. The van der Waals surface area contributed by atoms with E-state index in [1.165, 1.54) is 0 Å². The summed E-state index contributed by atoms with van der Waals surface area (Å²) in [6.07, 6.45) is 3.67. The molecule has 0 aliphatic heterocycles. The Morgan fingerprint density at radius 1 is 1.24 bits per heavy atom. The van der Waals surface area contributed by atoms with Gasteiger partial charge in [-0.2, -0.15) is 5.10 Å². The number of carbonyl (C=O) groups is 1. The van der Waals surface area contributed by atoms with Crippen LogP contribution in [0.2, 0.25) is 0 Å². The second-order valence-corrected chi connectivity index (χ2v) is 5.12. The van der Waals surface area contributed by atoms with E-state index in [4.69, 9.17) is 5.73 Å². The maximum Gasteiger partial charge on any atom is 0.274 e. The third-order valence-corrected chi connectivity index (χ3v) is 3.78. The molecule has 1 aromatic carbocycles. The summed E-state index contributed by atoms with van der Waals surface area (Å²) < 4.78 is 1.69. The van der Waals surface area contributed by atoms with Crippen LogP contribution in [-0.4, -0.2) is 33.7 Å². The molecule has 0 spiro atoms. The van der Waals surface area contributed by atoms with Crippen LogP contribution in [0.1, 0.15) is 37.2 Å². The highest BCUT2D eigenvalue weighted by Gasteiger charge is 2.20. The molecule has 5 heteroatoms. The Hall–Kier alpha value is -2.30. The van der Waals surface area contributed by atoms with E-state index in [-0.39, 0.29) is 11.9 Å². The van der Waals surface area contributed by atoms with Gasteiger partial charge in [-0.1, -0.05) is 13.8 Å². The molecular weight excluding hydrogens is 264 g/mol. The van der Waals surface area contributed by atoms with Gasteiger partial charge in [-0.25, -0.2) is 4.68 Å². The summed E-state index contributed by atoms with van der Waals surface area (Å²) in [5, 5.41) is 4.37. The van der Waals surface area contributed by atoms with E-state index in [0.29, 0.717) is 11.4 Å². The van der Waals surface area contributed by atoms with Crippen molar-refractivity contribution in [3.63, 3.8) is 0 Å². The quantitative estimate of drug-likeness (QED) is 0.859. The average Bonchev–Trinajstić information content (AvgIpc) is 2.98. The molecule has 0 fully saturated rings. The number of nitrogens with zero attached hydrogens (tertiary/aromatic N) is 3. The summed E-state index contributed by atoms with van der Waals surface area (Å²) in [6.45, 7) is 4.18. The van der Waals surface area contributed by atoms with Gasteiger partial charge in [0.05, 0.1) is 5.69 Å². The predicted molar refractivity (Wildman–Crippen MR) is 84.4 cm³/mol. The van der Waals surface area contributed by atoms with E-state index < -0.39 is 0 Å². The minimum atomic E-state index is -0.0436. The van der Waals surface area contributed by atoms with Crippen LogP contribution >= 0.6 is 0 Å². The van der Waals surface area contributed by atoms with E-state index >= 15 is 0 Å². The van der Waals surface area contributed by atoms with Crippen molar-refractivity contribution in [2.75, 3.05) is 12.8 Å². The molecule has 2 N–H and O–H groups in total. The first kappa shape index (κ1) is 15.1. The molecule has 0 bridgehead atoms. The van der Waals surface area contributed by atoms with Crippen molar-refractivity contribution in [2.24, 2.45) is 0 Å². The Kier molecular flexibility index (Phi) is 4.62. The molecule has 0 aliphatic rings. The van der Waals surface area contributed by atoms with Crippen molar-refractivity contribution in [3.8, 4) is 5.69 Å². The van der Waals surface area contributed by atoms with Crippen molar-refractivity contribution in [2.45, 2.75) is 32.7 Å². The number of nitrogen functional groups attached to an aromatic ring is 1. The van der Waals surface area contributed by atoms with Gasteiger partial charge in [0.15, 0.2) is 5.69 Å². The minimum absolute atomic E-state index is 0.0436. The van der Waals surface area contributed by atoms with Gasteiger partial charge in [0.2, 0.25) is 0 Å². The summed E-state index contributed by atoms with van der Waals surface area (Å²) >= 11 is 0. The molecule has 112 valence electrons. The van der Waals surface area contributed by atoms with Gasteiger partial charge in [0.1, 0.15) is 0 Å². The fourth-order valence-electron chi connectivity index (χ4n) is 2.39. The van der Waals surface area contributed by atoms with Gasteiger partial charge < -0.3 is 10.6 Å². The lowest BCUT2D eigenvalue weighted by Gasteiger charge is -2.25. The van der Waals surface area contributed by atoms with Crippen LogP contribution in [0.3, 0.4) is 0 Å². The van der Waals surface area contributed by atoms with Gasteiger partial charge >= 0.3 is 0 Å². The van der Waals surface area contributed by atoms with Crippen molar-refractivity contribution >= 4 is 11.6 Å². The van der Waals surface area contributed by atoms with Crippen LogP contribution < -0.4 is 5.73 Å². The highest BCUT2D eigenvalue weighted by molar-refractivity contribution is 5.92. The van der Waals surface area contributed by atoms with Gasteiger partial charge in [-0.15, -0.1) is 0 Å². The molecule has 1 heterocycles. The first-order chi connectivity index (χ1) is 10.1. The molecule has 2 rings (SSSR count). The molecule has 0 saturated heterocycles. The van der Waals surface area contributed by atoms with Gasteiger partial charge in [0.25, 0.3) is 5.91 Å². The maximum atomic E-state index is 12.4. The number of aromatic nitrogens is 2. The number of rotatable bonds is 5. The number of anilines is 1. The lowest BCUT2D eigenvalue weighted by Crippen LogP contribution is -2.36. The molecule has 21 heavy (non-hydrogen) atoms. The predicted octanol–water partition coefficient (Wildman–Crippen LogP) is 2.72. The summed E-state index contributed by atoms with van der Waals surface area (Å²) in [7, 11) is 1.84. The van der Waals surface area contributed by atoms with Crippen LogP contribution in [0, 0.1) is 0 Å². The zero-order valence-electron chi connectivity index (χ0n) is 12.8. The number of benzene rings is 1. The van der Waals surface area contributed by atoms with Crippen molar-refractivity contribution in [3.05, 3.63) is 42.2 Å². The molecule has 5 nitrogen and oxygen atoms in total. The molecule has 0 saturated carbocycles. The van der Waals surface area contributed by atoms with Crippen molar-refractivity contribution in [1.29, 1.82) is 0 Å². The van der Waals surface area contributed by atoms with Crippen LogP contribution in [0.4, 0.5) is 5.69 Å². The molecule has 0 radical (unpaired) electrons. The Labute approximate surface area is 125 Å². The fraction of sp³-hybridized carbons (Fsp3) is 0.375. The van der Waals surface area contributed by atoms with E-state index in [9.17, 15) is 4.79 Å². The van der Waals surface area contributed by atoms with Crippen molar-refractivity contribution in [1.82, 2.24) is 14.7 Å². The molecule has 0 unspecified atom stereocenters. The van der Waals surface area contributed by atoms with Gasteiger partial charge in [-0.3, -0.25) is 4.79 Å². The van der Waals surface area contributed by atoms with E-state index in [1.54, 1.807) is 21.8 Å². The minimum Gasteiger partial charge on any atom is -0.399 e. The number of nitrogens with two attached hydrogens (primary N) is 1. The third-order valence-electron chi connectivity index (χ3n) is 3.78. The van der Waals surface area contributed by atoms with Crippen LogP contribution in [-0.2, 0) is 0 Å². The Morgan fingerprint density at radius 2 is 1.86 bits per heavy atom. The van der Waals surface area contributed by atoms with Crippen LogP contribution in [0.15, 0.2) is 36.5 Å². The lowest BCUT2D eigenvalue weighted by molar-refractivity contribution is 0.0717. The standard InChI is InChI=1S/C16H22N4O/c1-4-13(5-2)19(3)16(21)15-10-11-20(18-15)14-8-6-12(17)7-9-14/h6-11,13H,4-5,17H2,1-3H3. The summed E-state index contributed by atoms with van der Waals surface area (Å²) in [5.41, 5.74) is 7.72. The summed E-state index contributed by atoms with van der Waals surface area (Å²) in [6, 6.07) is 9.38. The van der Waals surface area contributed by atoms with Crippen LogP contribution in [0.25, 0.3) is 5.69 Å². The lowest BCUT2D eigenvalue weighted by atomic mass is 10.1. The fourth-order valence-corrected chi connectivity index (χ4v) is 2.39. The number of hydrogen-bond donors (Lipinski definition) is 1. The van der Waals surface area contributed by atoms with E-state index in [1.807, 2.05) is 31.3 Å². The van der Waals surface area contributed by atoms with Gasteiger partial charge in [0, 0.05) is 25.0 Å². The monoisotopic (exact) mass is 286 g/mol. The molecule has 2 aromatic rings. The second kappa shape index (κ2) is 6.43. The summed E-state index contributed by atoms with van der Waals surface area (Å²) in [5.74, 6) is -0.0436. The van der Waals surface area contributed by atoms with E-state index in [0.717, 1.165) is 18.5 Å². The number of carbonyl (C=O) groups excluding carboxylic acids is 1. The molecule has 1 aromatic heterocycles. The largest absolute Gasteiger partial charge is 0.399 e. The topological polar surface area (TPSA) is 64.2 Å². The molecule has 0 aliphatic carbocycles. The van der Waals surface area contributed by atoms with Crippen molar-refractivity contribution < 1.29 is 4.79 Å². The number of amides is 1. The Bertz CT molecular complexity index is 599. The highest BCUT2D eigenvalue weighted by Crippen LogP contribution is 2.13. The molecule has 1 amide bonds. The first-order valence-electron chi connectivity index (χ1n) is 7.25. The van der Waals surface area contributed by atoms with Gasteiger partial charge in [-0.05, 0) is 43.2 Å². The third kappa shape index (κ3) is 3.24. The zero-order valence-corrected chi connectivity index (χ0v) is 12.8. The second-order valence-electron chi connectivity index (χ2n) is 5.12. The average molecular weight is 286 g/mol.